The Balaban J connectivity index is 3.38. The van der Waals surface area contributed by atoms with Gasteiger partial charge in [-0.25, -0.2) is 0 Å². The third-order valence-corrected chi connectivity index (χ3v) is 1.61. The van der Waals surface area contributed by atoms with Crippen LogP contribution in [-0.2, 0) is 0 Å². The molecule has 2 nitrogen and oxygen atoms in total. The lowest BCUT2D eigenvalue weighted by molar-refractivity contribution is 0.00923. The predicted molar refractivity (Wildman–Crippen MR) is 41.8 cm³/mol. The van der Waals surface area contributed by atoms with Crippen molar-refractivity contribution in [2.24, 2.45) is 0 Å². The van der Waals surface area contributed by atoms with Crippen LogP contribution in [0.3, 0.4) is 0 Å². The van der Waals surface area contributed by atoms with Crippen molar-refractivity contribution in [1.29, 1.82) is 0 Å². The standard InChI is InChI=1S/C8H18O2/c1-3-5-7(9)8(10)6-4-2/h7-10H,3-6H2,1-2H3. The molecule has 0 amide bonds. The Labute approximate surface area is 62.9 Å². The van der Waals surface area contributed by atoms with Gasteiger partial charge in [0.05, 0.1) is 12.2 Å². The quantitative estimate of drug-likeness (QED) is 0.614. The van der Waals surface area contributed by atoms with E-state index < -0.39 is 12.2 Å². The van der Waals surface area contributed by atoms with Crippen molar-refractivity contribution in [3.8, 4) is 0 Å². The SMILES string of the molecule is CCCC(O)C(O)CCC. The summed E-state index contributed by atoms with van der Waals surface area (Å²) in [7, 11) is 0. The fraction of sp³-hybridized carbons (Fsp3) is 1.00. The van der Waals surface area contributed by atoms with Gasteiger partial charge >= 0.3 is 0 Å². The normalized spacial score (nSPS) is 16.8. The highest BCUT2D eigenvalue weighted by molar-refractivity contribution is 4.65. The van der Waals surface area contributed by atoms with Gasteiger partial charge in [-0.05, 0) is 12.8 Å². The molecular weight excluding hydrogens is 128 g/mol. The lowest BCUT2D eigenvalue weighted by Gasteiger charge is -2.15. The minimum Gasteiger partial charge on any atom is -0.390 e. The van der Waals surface area contributed by atoms with Crippen molar-refractivity contribution in [2.75, 3.05) is 0 Å². The van der Waals surface area contributed by atoms with Gasteiger partial charge in [0.1, 0.15) is 0 Å². The second-order valence-corrected chi connectivity index (χ2v) is 2.71. The summed E-state index contributed by atoms with van der Waals surface area (Å²) in [4.78, 5) is 0. The first-order valence-corrected chi connectivity index (χ1v) is 4.08. The Kier molecular flexibility index (Phi) is 5.64. The molecule has 2 N–H and O–H groups in total. The van der Waals surface area contributed by atoms with Crippen LogP contribution < -0.4 is 0 Å². The van der Waals surface area contributed by atoms with Crippen LogP contribution in [0, 0.1) is 0 Å². The average Bonchev–Trinajstić information content (AvgIpc) is 1.89. The zero-order chi connectivity index (χ0) is 7.98. The number of hydrogen-bond donors (Lipinski definition) is 2. The Morgan fingerprint density at radius 2 is 1.20 bits per heavy atom. The molecular formula is C8H18O2. The van der Waals surface area contributed by atoms with Gasteiger partial charge in [-0.1, -0.05) is 26.7 Å². The molecule has 2 unspecified atom stereocenters. The molecule has 0 radical (unpaired) electrons. The van der Waals surface area contributed by atoms with Crippen molar-refractivity contribution >= 4 is 0 Å². The Hall–Kier alpha value is -0.0800. The molecule has 0 aliphatic carbocycles. The van der Waals surface area contributed by atoms with Gasteiger partial charge in [0, 0.05) is 0 Å². The Morgan fingerprint density at radius 3 is 1.40 bits per heavy atom. The van der Waals surface area contributed by atoms with E-state index in [0.29, 0.717) is 12.8 Å². The maximum Gasteiger partial charge on any atom is 0.0799 e. The van der Waals surface area contributed by atoms with Crippen LogP contribution in [-0.4, -0.2) is 22.4 Å². The van der Waals surface area contributed by atoms with Gasteiger partial charge in [-0.15, -0.1) is 0 Å². The van der Waals surface area contributed by atoms with E-state index in [2.05, 4.69) is 0 Å². The summed E-state index contributed by atoms with van der Waals surface area (Å²) in [5, 5.41) is 18.4. The molecule has 0 aliphatic heterocycles. The fourth-order valence-corrected chi connectivity index (χ4v) is 0.976. The molecule has 10 heavy (non-hydrogen) atoms. The zero-order valence-electron chi connectivity index (χ0n) is 6.88. The molecule has 0 saturated heterocycles. The molecule has 2 heteroatoms. The fourth-order valence-electron chi connectivity index (χ4n) is 0.976. The molecule has 62 valence electrons. The van der Waals surface area contributed by atoms with Crippen molar-refractivity contribution in [3.63, 3.8) is 0 Å². The van der Waals surface area contributed by atoms with E-state index in [1.807, 2.05) is 13.8 Å². The minimum atomic E-state index is -0.509. The predicted octanol–water partition coefficient (Wildman–Crippen LogP) is 1.31. The van der Waals surface area contributed by atoms with Gasteiger partial charge in [0.2, 0.25) is 0 Å². The molecule has 0 aliphatic rings. The lowest BCUT2D eigenvalue weighted by atomic mass is 10.1. The van der Waals surface area contributed by atoms with E-state index in [1.54, 1.807) is 0 Å². The maximum atomic E-state index is 9.20. The smallest absolute Gasteiger partial charge is 0.0799 e. The summed E-state index contributed by atoms with van der Waals surface area (Å²) in [5.41, 5.74) is 0. The average molecular weight is 146 g/mol. The molecule has 0 heterocycles. The first-order valence-electron chi connectivity index (χ1n) is 4.08. The molecule has 0 aromatic heterocycles. The third kappa shape index (κ3) is 3.85. The van der Waals surface area contributed by atoms with Crippen molar-refractivity contribution < 1.29 is 10.2 Å². The van der Waals surface area contributed by atoms with Gasteiger partial charge in [0.25, 0.3) is 0 Å². The van der Waals surface area contributed by atoms with Gasteiger partial charge < -0.3 is 10.2 Å². The summed E-state index contributed by atoms with van der Waals surface area (Å²) in [6.45, 7) is 4.00. The molecule has 0 saturated carbocycles. The molecule has 0 fully saturated rings. The van der Waals surface area contributed by atoms with Crippen LogP contribution in [0.1, 0.15) is 39.5 Å². The Bertz CT molecular complexity index is 63.7. The van der Waals surface area contributed by atoms with E-state index in [0.717, 1.165) is 12.8 Å². The zero-order valence-corrected chi connectivity index (χ0v) is 6.88. The number of aliphatic hydroxyl groups is 2. The molecule has 0 bridgehead atoms. The lowest BCUT2D eigenvalue weighted by Crippen LogP contribution is -2.25. The monoisotopic (exact) mass is 146 g/mol. The van der Waals surface area contributed by atoms with Crippen molar-refractivity contribution in [3.05, 3.63) is 0 Å². The number of aliphatic hydroxyl groups excluding tert-OH is 2. The maximum absolute atomic E-state index is 9.20. The summed E-state index contributed by atoms with van der Waals surface area (Å²) in [5.74, 6) is 0. The van der Waals surface area contributed by atoms with E-state index >= 15 is 0 Å². The minimum absolute atomic E-state index is 0.509. The van der Waals surface area contributed by atoms with Crippen LogP contribution >= 0.6 is 0 Å². The summed E-state index contributed by atoms with van der Waals surface area (Å²) >= 11 is 0. The molecule has 0 spiro atoms. The van der Waals surface area contributed by atoms with Crippen molar-refractivity contribution in [1.82, 2.24) is 0 Å². The highest BCUT2D eigenvalue weighted by Crippen LogP contribution is 2.06. The van der Waals surface area contributed by atoms with E-state index in [-0.39, 0.29) is 0 Å². The summed E-state index contributed by atoms with van der Waals surface area (Å²) in [6, 6.07) is 0. The molecule has 0 aromatic rings. The molecule has 0 rings (SSSR count). The van der Waals surface area contributed by atoms with Crippen LogP contribution in [0.5, 0.6) is 0 Å². The highest BCUT2D eigenvalue weighted by atomic mass is 16.3. The molecule has 2 atom stereocenters. The van der Waals surface area contributed by atoms with Crippen LogP contribution in [0.4, 0.5) is 0 Å². The third-order valence-electron chi connectivity index (χ3n) is 1.61. The van der Waals surface area contributed by atoms with Gasteiger partial charge in [-0.3, -0.25) is 0 Å². The van der Waals surface area contributed by atoms with E-state index in [9.17, 15) is 10.2 Å². The van der Waals surface area contributed by atoms with E-state index in [1.165, 1.54) is 0 Å². The number of rotatable bonds is 5. The van der Waals surface area contributed by atoms with E-state index in [4.69, 9.17) is 0 Å². The summed E-state index contributed by atoms with van der Waals surface area (Å²) in [6.07, 6.45) is 2.27. The highest BCUT2D eigenvalue weighted by Gasteiger charge is 2.12. The van der Waals surface area contributed by atoms with Crippen molar-refractivity contribution in [2.45, 2.75) is 51.7 Å². The second kappa shape index (κ2) is 5.69. The largest absolute Gasteiger partial charge is 0.390 e. The van der Waals surface area contributed by atoms with Gasteiger partial charge in [-0.2, -0.15) is 0 Å². The molecule has 0 aromatic carbocycles. The van der Waals surface area contributed by atoms with Gasteiger partial charge in [0.15, 0.2) is 0 Å². The second-order valence-electron chi connectivity index (χ2n) is 2.71. The van der Waals surface area contributed by atoms with Crippen LogP contribution in [0.15, 0.2) is 0 Å². The van der Waals surface area contributed by atoms with Crippen LogP contribution in [0.25, 0.3) is 0 Å². The van der Waals surface area contributed by atoms with Crippen LogP contribution in [0.2, 0.25) is 0 Å². The Morgan fingerprint density at radius 1 is 0.900 bits per heavy atom. The first-order chi connectivity index (χ1) is 4.72. The topological polar surface area (TPSA) is 40.5 Å². The number of hydrogen-bond acceptors (Lipinski definition) is 2. The summed E-state index contributed by atoms with van der Waals surface area (Å²) < 4.78 is 0. The first kappa shape index (κ1) is 9.92.